The maximum absolute atomic E-state index is 11.3. The molecule has 0 aliphatic heterocycles. The van der Waals surface area contributed by atoms with Crippen molar-refractivity contribution in [3.63, 3.8) is 0 Å². The summed E-state index contributed by atoms with van der Waals surface area (Å²) in [5.74, 6) is -0.552. The molecular weight excluding hydrogens is 254 g/mol. The zero-order chi connectivity index (χ0) is 13.2. The fourth-order valence-electron chi connectivity index (χ4n) is 2.18. The highest BCUT2D eigenvalue weighted by Crippen LogP contribution is 2.35. The Balaban J connectivity index is 2.25. The Kier molecular flexibility index (Phi) is 3.44. The zero-order valence-corrected chi connectivity index (χ0v) is 10.4. The van der Waals surface area contributed by atoms with Gasteiger partial charge < -0.3 is 9.84 Å². The van der Waals surface area contributed by atoms with E-state index in [0.717, 1.165) is 12.8 Å². The lowest BCUT2D eigenvalue weighted by atomic mass is 10.0. The molecule has 1 saturated carbocycles. The molecule has 0 aromatic heterocycles. The number of carbonyl (C=O) groups is 1. The van der Waals surface area contributed by atoms with Crippen molar-refractivity contribution in [1.82, 2.24) is 0 Å². The van der Waals surface area contributed by atoms with Gasteiger partial charge in [-0.3, -0.25) is 0 Å². The molecule has 1 fully saturated rings. The summed E-state index contributed by atoms with van der Waals surface area (Å²) < 4.78 is 5.61. The van der Waals surface area contributed by atoms with Crippen LogP contribution in [0.1, 0.15) is 31.2 Å². The molecule has 1 aliphatic rings. The van der Waals surface area contributed by atoms with E-state index in [4.69, 9.17) is 21.6 Å². The highest BCUT2D eigenvalue weighted by molar-refractivity contribution is 6.31. The van der Waals surface area contributed by atoms with Crippen LogP contribution in [0.25, 0.3) is 0 Å². The molecule has 94 valence electrons. The predicted molar refractivity (Wildman–Crippen MR) is 65.6 cm³/mol. The Morgan fingerprint density at radius 2 is 2.11 bits per heavy atom. The second-order valence-electron chi connectivity index (χ2n) is 4.36. The van der Waals surface area contributed by atoms with Crippen LogP contribution in [0.15, 0.2) is 18.2 Å². The quantitative estimate of drug-likeness (QED) is 0.912. The number of ether oxygens (including phenoxy) is 1. The highest BCUT2D eigenvalue weighted by Gasteiger charge is 2.43. The van der Waals surface area contributed by atoms with Gasteiger partial charge in [0.1, 0.15) is 11.8 Å². The Morgan fingerprint density at radius 3 is 2.61 bits per heavy atom. The summed E-state index contributed by atoms with van der Waals surface area (Å²) in [7, 11) is 0. The van der Waals surface area contributed by atoms with Gasteiger partial charge >= 0.3 is 5.97 Å². The van der Waals surface area contributed by atoms with Gasteiger partial charge in [0.05, 0.1) is 10.6 Å². The van der Waals surface area contributed by atoms with Gasteiger partial charge in [-0.1, -0.05) is 11.6 Å². The molecule has 2 rings (SSSR count). The van der Waals surface area contributed by atoms with E-state index in [0.29, 0.717) is 24.2 Å². The maximum atomic E-state index is 11.3. The fraction of sp³-hybridized carbons (Fsp3) is 0.385. The van der Waals surface area contributed by atoms with Crippen molar-refractivity contribution in [3.05, 3.63) is 28.8 Å². The summed E-state index contributed by atoms with van der Waals surface area (Å²) in [4.78, 5) is 11.3. The van der Waals surface area contributed by atoms with E-state index >= 15 is 0 Å². The van der Waals surface area contributed by atoms with E-state index in [1.54, 1.807) is 6.07 Å². The van der Waals surface area contributed by atoms with Crippen LogP contribution in [0, 0.1) is 11.3 Å². The standard InChI is InChI=1S/C13H12ClNO3/c14-11-7-10(4-3-9(11)8-15)18-13(12(16)17)5-1-2-6-13/h3-4,7H,1-2,5-6H2,(H,16,17). The SMILES string of the molecule is N#Cc1ccc(OC2(C(=O)O)CCCC2)cc1Cl. The number of rotatable bonds is 3. The second kappa shape index (κ2) is 4.87. The average molecular weight is 266 g/mol. The first-order chi connectivity index (χ1) is 8.57. The summed E-state index contributed by atoms with van der Waals surface area (Å²) in [6, 6.07) is 6.54. The molecule has 1 N–H and O–H groups in total. The van der Waals surface area contributed by atoms with Crippen LogP contribution < -0.4 is 4.74 Å². The Hall–Kier alpha value is -1.73. The van der Waals surface area contributed by atoms with E-state index in [-0.39, 0.29) is 5.02 Å². The summed E-state index contributed by atoms with van der Waals surface area (Å²) in [6.45, 7) is 0. The molecule has 0 unspecified atom stereocenters. The highest BCUT2D eigenvalue weighted by atomic mass is 35.5. The first kappa shape index (κ1) is 12.7. The van der Waals surface area contributed by atoms with Crippen LogP contribution >= 0.6 is 11.6 Å². The van der Waals surface area contributed by atoms with Gasteiger partial charge in [-0.05, 0) is 37.8 Å². The van der Waals surface area contributed by atoms with Crippen molar-refractivity contribution < 1.29 is 14.6 Å². The molecule has 0 amide bonds. The first-order valence-corrected chi connectivity index (χ1v) is 6.07. The lowest BCUT2D eigenvalue weighted by molar-refractivity contribution is -0.154. The zero-order valence-electron chi connectivity index (χ0n) is 9.65. The van der Waals surface area contributed by atoms with Gasteiger partial charge in [0.15, 0.2) is 0 Å². The van der Waals surface area contributed by atoms with Gasteiger partial charge in [0.25, 0.3) is 0 Å². The third-order valence-electron chi connectivity index (χ3n) is 3.18. The second-order valence-corrected chi connectivity index (χ2v) is 4.77. The Labute approximate surface area is 110 Å². The number of carboxylic acid groups (broad SMARTS) is 1. The minimum atomic E-state index is -1.14. The lowest BCUT2D eigenvalue weighted by Gasteiger charge is -2.25. The summed E-state index contributed by atoms with van der Waals surface area (Å²) in [5, 5.41) is 18.3. The molecule has 0 saturated heterocycles. The monoisotopic (exact) mass is 265 g/mol. The molecule has 0 radical (unpaired) electrons. The fourth-order valence-corrected chi connectivity index (χ4v) is 2.39. The van der Waals surface area contributed by atoms with Crippen molar-refractivity contribution in [3.8, 4) is 11.8 Å². The van der Waals surface area contributed by atoms with E-state index in [1.165, 1.54) is 12.1 Å². The maximum Gasteiger partial charge on any atom is 0.348 e. The molecule has 0 heterocycles. The summed E-state index contributed by atoms with van der Waals surface area (Å²) in [5.41, 5.74) is -0.794. The molecule has 1 aromatic rings. The van der Waals surface area contributed by atoms with Crippen molar-refractivity contribution in [1.29, 1.82) is 5.26 Å². The van der Waals surface area contributed by atoms with E-state index in [1.807, 2.05) is 6.07 Å². The van der Waals surface area contributed by atoms with Crippen molar-refractivity contribution in [2.24, 2.45) is 0 Å². The van der Waals surface area contributed by atoms with E-state index in [2.05, 4.69) is 0 Å². The van der Waals surface area contributed by atoms with Crippen molar-refractivity contribution in [2.45, 2.75) is 31.3 Å². The number of carboxylic acids is 1. The van der Waals surface area contributed by atoms with Gasteiger partial charge in [-0.2, -0.15) is 5.26 Å². The molecule has 18 heavy (non-hydrogen) atoms. The number of halogens is 1. The smallest absolute Gasteiger partial charge is 0.348 e. The molecule has 1 aliphatic carbocycles. The lowest BCUT2D eigenvalue weighted by Crippen LogP contribution is -2.41. The third kappa shape index (κ3) is 2.27. The Morgan fingerprint density at radius 1 is 1.44 bits per heavy atom. The van der Waals surface area contributed by atoms with Gasteiger partial charge in [0.2, 0.25) is 5.60 Å². The van der Waals surface area contributed by atoms with Gasteiger partial charge in [-0.25, -0.2) is 4.79 Å². The topological polar surface area (TPSA) is 70.3 Å². The molecule has 4 nitrogen and oxygen atoms in total. The molecule has 0 atom stereocenters. The average Bonchev–Trinajstić information content (AvgIpc) is 2.79. The Bertz CT molecular complexity index is 515. The van der Waals surface area contributed by atoms with Crippen LogP contribution in [0.2, 0.25) is 5.02 Å². The van der Waals surface area contributed by atoms with Crippen molar-refractivity contribution >= 4 is 17.6 Å². The van der Waals surface area contributed by atoms with E-state index < -0.39 is 11.6 Å². The number of nitrogens with zero attached hydrogens (tertiary/aromatic N) is 1. The minimum Gasteiger partial charge on any atom is -0.478 e. The van der Waals surface area contributed by atoms with Crippen LogP contribution in [-0.2, 0) is 4.79 Å². The van der Waals surface area contributed by atoms with Gasteiger partial charge in [-0.15, -0.1) is 0 Å². The summed E-state index contributed by atoms with van der Waals surface area (Å²) in [6.07, 6.45) is 2.69. The number of nitriles is 1. The van der Waals surface area contributed by atoms with Gasteiger partial charge in [0, 0.05) is 6.07 Å². The van der Waals surface area contributed by atoms with E-state index in [9.17, 15) is 9.90 Å². The number of hydrogen-bond donors (Lipinski definition) is 1. The molecule has 0 bridgehead atoms. The minimum absolute atomic E-state index is 0.272. The van der Waals surface area contributed by atoms with Crippen LogP contribution in [0.4, 0.5) is 0 Å². The molecule has 0 spiro atoms. The number of benzene rings is 1. The predicted octanol–water partition coefficient (Wildman–Crippen LogP) is 2.99. The largest absolute Gasteiger partial charge is 0.478 e. The molecule has 1 aromatic carbocycles. The normalized spacial score (nSPS) is 17.1. The third-order valence-corrected chi connectivity index (χ3v) is 3.49. The summed E-state index contributed by atoms with van der Waals surface area (Å²) >= 11 is 5.89. The number of aliphatic carboxylic acids is 1. The molecule has 5 heteroatoms. The van der Waals surface area contributed by atoms with Crippen molar-refractivity contribution in [2.75, 3.05) is 0 Å². The molecular formula is C13H12ClNO3. The number of hydrogen-bond acceptors (Lipinski definition) is 3. The van der Waals surface area contributed by atoms with Crippen LogP contribution in [0.3, 0.4) is 0 Å². The first-order valence-electron chi connectivity index (χ1n) is 5.69. The van der Waals surface area contributed by atoms with Crippen LogP contribution in [-0.4, -0.2) is 16.7 Å². The van der Waals surface area contributed by atoms with Crippen LogP contribution in [0.5, 0.6) is 5.75 Å².